The normalized spacial score (nSPS) is 13.7. The summed E-state index contributed by atoms with van der Waals surface area (Å²) in [7, 11) is 3.39. The van der Waals surface area contributed by atoms with Crippen LogP contribution in [0.5, 0.6) is 0 Å². The van der Waals surface area contributed by atoms with Crippen molar-refractivity contribution in [1.29, 1.82) is 0 Å². The Hall–Kier alpha value is -1.79. The number of carbonyl (C=O) groups excluding carboxylic acids is 1. The number of hydrogen-bond acceptors (Lipinski definition) is 3. The zero-order valence-electron chi connectivity index (χ0n) is 13.1. The second-order valence-electron chi connectivity index (χ2n) is 5.12. The Morgan fingerprint density at radius 1 is 1.41 bits per heavy atom. The van der Waals surface area contributed by atoms with Gasteiger partial charge in [-0.15, -0.1) is 6.58 Å². The monoisotopic (exact) mass is 312 g/mol. The largest absolute Gasteiger partial charge is 0.365 e. The third-order valence-electron chi connectivity index (χ3n) is 3.26. The molecule has 0 saturated heterocycles. The predicted octanol–water partition coefficient (Wildman–Crippen LogP) is 2.27. The van der Waals surface area contributed by atoms with Crippen molar-refractivity contribution in [3.8, 4) is 0 Å². The molecule has 0 aliphatic carbocycles. The number of nitrogens with zero attached hydrogens (tertiary/aromatic N) is 1. The van der Waals surface area contributed by atoms with E-state index in [0.717, 1.165) is 0 Å². The summed E-state index contributed by atoms with van der Waals surface area (Å²) in [6.45, 7) is 5.44. The van der Waals surface area contributed by atoms with Crippen molar-refractivity contribution in [2.45, 2.75) is 19.1 Å². The van der Waals surface area contributed by atoms with Gasteiger partial charge in [0, 0.05) is 12.1 Å². The summed E-state index contributed by atoms with van der Waals surface area (Å²) >= 11 is 0. The van der Waals surface area contributed by atoms with Gasteiger partial charge in [0.15, 0.2) is 0 Å². The van der Waals surface area contributed by atoms with Crippen LogP contribution in [0, 0.1) is 11.6 Å². The van der Waals surface area contributed by atoms with Crippen molar-refractivity contribution in [2.24, 2.45) is 0 Å². The number of amides is 1. The van der Waals surface area contributed by atoms with E-state index in [1.807, 2.05) is 0 Å². The van der Waals surface area contributed by atoms with Crippen molar-refractivity contribution < 1.29 is 18.3 Å². The van der Waals surface area contributed by atoms with Crippen LogP contribution in [0.2, 0.25) is 0 Å². The average Bonchev–Trinajstić information content (AvgIpc) is 2.46. The first-order valence-corrected chi connectivity index (χ1v) is 6.99. The summed E-state index contributed by atoms with van der Waals surface area (Å²) in [6.07, 6.45) is 0.882. The Balaban J connectivity index is 2.78. The molecule has 1 aromatic carbocycles. The molecule has 0 aliphatic rings. The number of halogens is 2. The lowest BCUT2D eigenvalue weighted by Crippen LogP contribution is -2.40. The fraction of sp³-hybridized carbons (Fsp3) is 0.438. The molecular weight excluding hydrogens is 290 g/mol. The molecule has 22 heavy (non-hydrogen) atoms. The number of likely N-dealkylation sites (N-methyl/N-ethyl adjacent to an activating group) is 1. The van der Waals surface area contributed by atoms with Crippen LogP contribution in [0.3, 0.4) is 0 Å². The number of hydrogen-bond donors (Lipinski definition) is 1. The summed E-state index contributed by atoms with van der Waals surface area (Å²) in [5, 5.41) is 2.65. The zero-order chi connectivity index (χ0) is 16.7. The molecular formula is C16H22F2N2O2. The maximum atomic E-state index is 13.9. The molecule has 0 bridgehead atoms. The van der Waals surface area contributed by atoms with Gasteiger partial charge in [-0.05, 0) is 33.2 Å². The Labute approximate surface area is 129 Å². The van der Waals surface area contributed by atoms with E-state index in [2.05, 4.69) is 11.9 Å². The Morgan fingerprint density at radius 2 is 2.00 bits per heavy atom. The SMILES string of the molecule is C=CCO[C@@H](C)C(=O)NC[C@H](c1c(F)cccc1F)N(C)C. The standard InChI is InChI=1S/C16H22F2N2O2/c1-5-9-22-11(2)16(21)19-10-14(20(3)4)15-12(17)7-6-8-13(15)18/h5-8,11,14H,1,9-10H2,2-4H3,(H,19,21)/t11-,14+/m0/s1. The number of ether oxygens (including phenoxy) is 1. The van der Waals surface area contributed by atoms with Crippen molar-refractivity contribution in [3.63, 3.8) is 0 Å². The zero-order valence-corrected chi connectivity index (χ0v) is 13.1. The van der Waals surface area contributed by atoms with Crippen LogP contribution in [-0.2, 0) is 9.53 Å². The summed E-state index contributed by atoms with van der Waals surface area (Å²) in [5.41, 5.74) is -0.0625. The van der Waals surface area contributed by atoms with Gasteiger partial charge in [-0.2, -0.15) is 0 Å². The number of carbonyl (C=O) groups is 1. The van der Waals surface area contributed by atoms with Crippen LogP contribution in [0.25, 0.3) is 0 Å². The highest BCUT2D eigenvalue weighted by atomic mass is 19.1. The molecule has 0 aromatic heterocycles. The van der Waals surface area contributed by atoms with E-state index in [0.29, 0.717) is 0 Å². The fourth-order valence-corrected chi connectivity index (χ4v) is 2.00. The molecule has 1 rings (SSSR count). The van der Waals surface area contributed by atoms with Crippen molar-refractivity contribution in [1.82, 2.24) is 10.2 Å². The number of rotatable bonds is 8. The second-order valence-corrected chi connectivity index (χ2v) is 5.12. The molecule has 0 unspecified atom stereocenters. The van der Waals surface area contributed by atoms with Gasteiger partial charge in [-0.1, -0.05) is 12.1 Å². The highest BCUT2D eigenvalue weighted by Gasteiger charge is 2.23. The minimum absolute atomic E-state index is 0.0625. The molecule has 1 amide bonds. The van der Waals surface area contributed by atoms with E-state index in [1.165, 1.54) is 18.2 Å². The van der Waals surface area contributed by atoms with Crippen molar-refractivity contribution in [3.05, 3.63) is 48.1 Å². The summed E-state index contributed by atoms with van der Waals surface area (Å²) in [4.78, 5) is 13.6. The highest BCUT2D eigenvalue weighted by Crippen LogP contribution is 2.23. The van der Waals surface area contributed by atoms with Crippen molar-refractivity contribution >= 4 is 5.91 Å². The van der Waals surface area contributed by atoms with Crippen LogP contribution in [0.4, 0.5) is 8.78 Å². The number of benzene rings is 1. The molecule has 0 heterocycles. The van der Waals surface area contributed by atoms with E-state index in [-0.39, 0.29) is 24.6 Å². The smallest absolute Gasteiger partial charge is 0.248 e. The molecule has 0 fully saturated rings. The fourth-order valence-electron chi connectivity index (χ4n) is 2.00. The lowest BCUT2D eigenvalue weighted by Gasteiger charge is -2.26. The van der Waals surface area contributed by atoms with Gasteiger partial charge < -0.3 is 15.0 Å². The first kappa shape index (κ1) is 18.3. The summed E-state index contributed by atoms with van der Waals surface area (Å²) in [5.74, 6) is -1.61. The van der Waals surface area contributed by atoms with Crippen LogP contribution in [0.15, 0.2) is 30.9 Å². The molecule has 2 atom stereocenters. The quantitative estimate of drug-likeness (QED) is 0.749. The first-order chi connectivity index (χ1) is 10.4. The predicted molar refractivity (Wildman–Crippen MR) is 81.4 cm³/mol. The third kappa shape index (κ3) is 4.89. The van der Waals surface area contributed by atoms with E-state index in [9.17, 15) is 13.6 Å². The summed E-state index contributed by atoms with van der Waals surface area (Å²) < 4.78 is 33.0. The topological polar surface area (TPSA) is 41.6 Å². The van der Waals surface area contributed by atoms with Gasteiger partial charge in [0.1, 0.15) is 17.7 Å². The van der Waals surface area contributed by atoms with E-state index in [4.69, 9.17) is 4.74 Å². The Morgan fingerprint density at radius 3 is 2.50 bits per heavy atom. The van der Waals surface area contributed by atoms with Gasteiger partial charge in [0.25, 0.3) is 0 Å². The molecule has 0 spiro atoms. The maximum Gasteiger partial charge on any atom is 0.248 e. The minimum Gasteiger partial charge on any atom is -0.365 e. The lowest BCUT2D eigenvalue weighted by molar-refractivity contribution is -0.131. The van der Waals surface area contributed by atoms with E-state index in [1.54, 1.807) is 32.0 Å². The first-order valence-electron chi connectivity index (χ1n) is 6.99. The molecule has 0 aliphatic heterocycles. The Bertz CT molecular complexity index is 501. The van der Waals surface area contributed by atoms with Gasteiger partial charge >= 0.3 is 0 Å². The van der Waals surface area contributed by atoms with E-state index >= 15 is 0 Å². The third-order valence-corrected chi connectivity index (χ3v) is 3.26. The van der Waals surface area contributed by atoms with Crippen LogP contribution in [-0.4, -0.2) is 44.2 Å². The molecule has 0 saturated carbocycles. The second kappa shape index (κ2) is 8.60. The van der Waals surface area contributed by atoms with Gasteiger partial charge in [-0.3, -0.25) is 4.79 Å². The molecule has 4 nitrogen and oxygen atoms in total. The molecule has 6 heteroatoms. The van der Waals surface area contributed by atoms with Crippen LogP contribution in [0.1, 0.15) is 18.5 Å². The molecule has 1 aromatic rings. The molecule has 1 N–H and O–H groups in total. The van der Waals surface area contributed by atoms with Crippen LogP contribution < -0.4 is 5.32 Å². The van der Waals surface area contributed by atoms with E-state index < -0.39 is 23.8 Å². The summed E-state index contributed by atoms with van der Waals surface area (Å²) in [6, 6.07) is 3.10. The minimum atomic E-state index is -0.661. The van der Waals surface area contributed by atoms with Crippen LogP contribution >= 0.6 is 0 Å². The van der Waals surface area contributed by atoms with Crippen molar-refractivity contribution in [2.75, 3.05) is 27.2 Å². The average molecular weight is 312 g/mol. The lowest BCUT2D eigenvalue weighted by atomic mass is 10.0. The van der Waals surface area contributed by atoms with Gasteiger partial charge in [0.2, 0.25) is 5.91 Å². The molecule has 0 radical (unpaired) electrons. The maximum absolute atomic E-state index is 13.9. The number of nitrogens with one attached hydrogen (secondary N) is 1. The highest BCUT2D eigenvalue weighted by molar-refractivity contribution is 5.80. The Kier molecular flexibility index (Phi) is 7.14. The molecule has 122 valence electrons. The van der Waals surface area contributed by atoms with Gasteiger partial charge in [-0.25, -0.2) is 8.78 Å². The van der Waals surface area contributed by atoms with Gasteiger partial charge in [0.05, 0.1) is 12.6 Å².